The van der Waals surface area contributed by atoms with Gasteiger partial charge in [-0.05, 0) is 75.0 Å². The molecule has 0 saturated carbocycles. The molecule has 2 heteroatoms. The van der Waals surface area contributed by atoms with E-state index in [9.17, 15) is 0 Å². The number of unbranched alkanes of at least 4 members (excludes halogenated alkanes) is 1. The van der Waals surface area contributed by atoms with Crippen LogP contribution in [0.5, 0.6) is 5.75 Å². The first kappa shape index (κ1) is 15.8. The predicted molar refractivity (Wildman–Crippen MR) is 91.2 cm³/mol. The average Bonchev–Trinajstić information content (AvgIpc) is 2.45. The summed E-state index contributed by atoms with van der Waals surface area (Å²) < 4.78 is 5.26. The third-order valence-electron chi connectivity index (χ3n) is 3.66. The van der Waals surface area contributed by atoms with Crippen LogP contribution in [-0.4, -0.2) is 19.2 Å². The summed E-state index contributed by atoms with van der Waals surface area (Å²) in [7, 11) is 1.71. The lowest BCUT2D eigenvalue weighted by molar-refractivity contribution is 0.415. The number of fused-ring (bicyclic) bond motifs is 1. The van der Waals surface area contributed by atoms with E-state index in [0.717, 1.165) is 18.7 Å². The molecule has 0 spiro atoms. The maximum absolute atomic E-state index is 5.26. The number of hydrogen-bond donors (Lipinski definition) is 1. The summed E-state index contributed by atoms with van der Waals surface area (Å²) in [6, 6.07) is 13.0. The molecule has 0 aliphatic heterocycles. The van der Waals surface area contributed by atoms with Crippen molar-refractivity contribution in [2.45, 2.75) is 45.6 Å². The van der Waals surface area contributed by atoms with Gasteiger partial charge in [-0.3, -0.25) is 0 Å². The summed E-state index contributed by atoms with van der Waals surface area (Å²) in [5, 5.41) is 6.07. The van der Waals surface area contributed by atoms with Crippen molar-refractivity contribution < 1.29 is 4.74 Å². The Bertz CT molecular complexity index is 584. The van der Waals surface area contributed by atoms with Crippen molar-refractivity contribution in [1.82, 2.24) is 5.32 Å². The number of rotatable bonds is 6. The van der Waals surface area contributed by atoms with Crippen molar-refractivity contribution in [3.8, 4) is 5.75 Å². The average molecular weight is 285 g/mol. The quantitative estimate of drug-likeness (QED) is 0.786. The number of nitrogens with one attached hydrogen (secondary N) is 1. The van der Waals surface area contributed by atoms with Gasteiger partial charge in [-0.25, -0.2) is 0 Å². The zero-order chi connectivity index (χ0) is 15.3. The largest absolute Gasteiger partial charge is 0.497 e. The molecule has 0 aromatic heterocycles. The van der Waals surface area contributed by atoms with Crippen LogP contribution in [0.25, 0.3) is 10.8 Å². The van der Waals surface area contributed by atoms with E-state index in [0.29, 0.717) is 0 Å². The fourth-order valence-corrected chi connectivity index (χ4v) is 2.47. The topological polar surface area (TPSA) is 21.3 Å². The highest BCUT2D eigenvalue weighted by Crippen LogP contribution is 2.22. The van der Waals surface area contributed by atoms with Crippen molar-refractivity contribution >= 4 is 10.8 Å². The Kier molecular flexibility index (Phi) is 5.24. The number of ether oxygens (including phenoxy) is 1. The Morgan fingerprint density at radius 3 is 2.38 bits per heavy atom. The van der Waals surface area contributed by atoms with Crippen LogP contribution in [0.2, 0.25) is 0 Å². The van der Waals surface area contributed by atoms with E-state index in [4.69, 9.17) is 4.74 Å². The first-order valence-electron chi connectivity index (χ1n) is 7.80. The Hall–Kier alpha value is -1.54. The Morgan fingerprint density at radius 1 is 0.952 bits per heavy atom. The smallest absolute Gasteiger partial charge is 0.119 e. The molecule has 2 aromatic carbocycles. The monoisotopic (exact) mass is 285 g/mol. The van der Waals surface area contributed by atoms with Crippen LogP contribution >= 0.6 is 0 Å². The van der Waals surface area contributed by atoms with Gasteiger partial charge in [0.05, 0.1) is 7.11 Å². The summed E-state index contributed by atoms with van der Waals surface area (Å²) in [6.07, 6.45) is 3.59. The highest BCUT2D eigenvalue weighted by molar-refractivity contribution is 5.84. The molecule has 2 rings (SSSR count). The molecule has 1 N–H and O–H groups in total. The number of methoxy groups -OCH3 is 1. The van der Waals surface area contributed by atoms with Gasteiger partial charge in [-0.2, -0.15) is 0 Å². The molecule has 0 saturated heterocycles. The van der Waals surface area contributed by atoms with Gasteiger partial charge in [0, 0.05) is 5.54 Å². The lowest BCUT2D eigenvalue weighted by Crippen LogP contribution is -2.36. The maximum atomic E-state index is 5.26. The van der Waals surface area contributed by atoms with E-state index < -0.39 is 0 Å². The van der Waals surface area contributed by atoms with Gasteiger partial charge in [-0.1, -0.05) is 24.3 Å². The summed E-state index contributed by atoms with van der Waals surface area (Å²) in [5.74, 6) is 0.920. The minimum absolute atomic E-state index is 0.224. The predicted octanol–water partition coefficient (Wildman–Crippen LogP) is 4.56. The normalized spacial score (nSPS) is 11.8. The molecule has 0 aliphatic rings. The van der Waals surface area contributed by atoms with Crippen molar-refractivity contribution in [1.29, 1.82) is 0 Å². The molecule has 0 amide bonds. The molecule has 114 valence electrons. The fourth-order valence-electron chi connectivity index (χ4n) is 2.47. The van der Waals surface area contributed by atoms with Crippen LogP contribution in [0.1, 0.15) is 39.2 Å². The molecule has 0 atom stereocenters. The molecule has 0 radical (unpaired) electrons. The summed E-state index contributed by atoms with van der Waals surface area (Å²) >= 11 is 0. The zero-order valence-electron chi connectivity index (χ0n) is 13.7. The molecule has 0 bridgehead atoms. The molecule has 2 nitrogen and oxygen atoms in total. The third kappa shape index (κ3) is 5.05. The van der Waals surface area contributed by atoms with E-state index in [1.807, 2.05) is 6.07 Å². The minimum Gasteiger partial charge on any atom is -0.497 e. The number of hydrogen-bond acceptors (Lipinski definition) is 2. The molecule has 0 heterocycles. The molecular formula is C19H27NO. The SMILES string of the molecule is COc1ccc2cc(CCCCNC(C)(C)C)ccc2c1. The van der Waals surface area contributed by atoms with Crippen molar-refractivity contribution in [3.05, 3.63) is 42.0 Å². The lowest BCUT2D eigenvalue weighted by Gasteiger charge is -2.20. The van der Waals surface area contributed by atoms with Crippen molar-refractivity contribution in [2.24, 2.45) is 0 Å². The van der Waals surface area contributed by atoms with E-state index in [-0.39, 0.29) is 5.54 Å². The molecule has 0 unspecified atom stereocenters. The molecule has 0 aliphatic carbocycles. The van der Waals surface area contributed by atoms with Gasteiger partial charge in [0.2, 0.25) is 0 Å². The third-order valence-corrected chi connectivity index (χ3v) is 3.66. The minimum atomic E-state index is 0.224. The summed E-state index contributed by atoms with van der Waals surface area (Å²) in [6.45, 7) is 7.73. The Labute approximate surface area is 128 Å². The van der Waals surface area contributed by atoms with Gasteiger partial charge in [0.25, 0.3) is 0 Å². The van der Waals surface area contributed by atoms with Gasteiger partial charge < -0.3 is 10.1 Å². The van der Waals surface area contributed by atoms with Crippen LogP contribution in [0, 0.1) is 0 Å². The van der Waals surface area contributed by atoms with Crippen LogP contribution in [0.4, 0.5) is 0 Å². The molecule has 0 fully saturated rings. The van der Waals surface area contributed by atoms with E-state index in [1.165, 1.54) is 29.2 Å². The summed E-state index contributed by atoms with van der Waals surface area (Å²) in [5.41, 5.74) is 1.64. The van der Waals surface area contributed by atoms with Crippen LogP contribution < -0.4 is 10.1 Å². The second-order valence-corrected chi connectivity index (χ2v) is 6.68. The first-order chi connectivity index (χ1) is 9.98. The first-order valence-corrected chi connectivity index (χ1v) is 7.80. The van der Waals surface area contributed by atoms with Crippen molar-refractivity contribution in [2.75, 3.05) is 13.7 Å². The van der Waals surface area contributed by atoms with Crippen molar-refractivity contribution in [3.63, 3.8) is 0 Å². The molecule has 2 aromatic rings. The van der Waals surface area contributed by atoms with Gasteiger partial charge >= 0.3 is 0 Å². The van der Waals surface area contributed by atoms with Crippen LogP contribution in [-0.2, 0) is 6.42 Å². The standard InChI is InChI=1S/C19H27NO/c1-19(2,3)20-12-6-5-7-15-8-9-17-14-18(21-4)11-10-16(17)13-15/h8-11,13-14,20H,5-7,12H2,1-4H3. The zero-order valence-corrected chi connectivity index (χ0v) is 13.7. The van der Waals surface area contributed by atoms with Gasteiger partial charge in [0.1, 0.15) is 5.75 Å². The fraction of sp³-hybridized carbons (Fsp3) is 0.474. The number of benzene rings is 2. The Balaban J connectivity index is 1.88. The maximum Gasteiger partial charge on any atom is 0.119 e. The van der Waals surface area contributed by atoms with E-state index >= 15 is 0 Å². The van der Waals surface area contributed by atoms with E-state index in [2.05, 4.69) is 56.4 Å². The highest BCUT2D eigenvalue weighted by atomic mass is 16.5. The second kappa shape index (κ2) is 6.95. The second-order valence-electron chi connectivity index (χ2n) is 6.68. The van der Waals surface area contributed by atoms with Crippen LogP contribution in [0.15, 0.2) is 36.4 Å². The number of aryl methyl sites for hydroxylation is 1. The summed E-state index contributed by atoms with van der Waals surface area (Å²) in [4.78, 5) is 0. The molecule has 21 heavy (non-hydrogen) atoms. The van der Waals surface area contributed by atoms with Crippen LogP contribution in [0.3, 0.4) is 0 Å². The Morgan fingerprint density at radius 2 is 1.67 bits per heavy atom. The lowest BCUT2D eigenvalue weighted by atomic mass is 10.0. The molecular weight excluding hydrogens is 258 g/mol. The van der Waals surface area contributed by atoms with Gasteiger partial charge in [-0.15, -0.1) is 0 Å². The van der Waals surface area contributed by atoms with Gasteiger partial charge in [0.15, 0.2) is 0 Å². The van der Waals surface area contributed by atoms with E-state index in [1.54, 1.807) is 7.11 Å². The highest BCUT2D eigenvalue weighted by Gasteiger charge is 2.07.